The van der Waals surface area contributed by atoms with Crippen LogP contribution in [0.3, 0.4) is 0 Å². The van der Waals surface area contributed by atoms with E-state index in [1.54, 1.807) is 0 Å². The van der Waals surface area contributed by atoms with Gasteiger partial charge in [-0.05, 0) is 5.56 Å². The minimum absolute atomic E-state index is 0.261. The van der Waals surface area contributed by atoms with E-state index in [0.29, 0.717) is 19.4 Å². The average molecular weight is 336 g/mol. The van der Waals surface area contributed by atoms with E-state index >= 15 is 0 Å². The fourth-order valence-electron chi connectivity index (χ4n) is 3.02. The summed E-state index contributed by atoms with van der Waals surface area (Å²) < 4.78 is 4.89. The van der Waals surface area contributed by atoms with Crippen LogP contribution in [0.5, 0.6) is 0 Å². The molecule has 1 aromatic rings. The Morgan fingerprint density at radius 1 is 1.35 bits per heavy atom. The molecular formula is C18H29NO3Si-. The van der Waals surface area contributed by atoms with Crippen molar-refractivity contribution in [3.8, 4) is 0 Å². The van der Waals surface area contributed by atoms with Gasteiger partial charge >= 0.3 is 5.97 Å². The van der Waals surface area contributed by atoms with Gasteiger partial charge in [0.1, 0.15) is 12.3 Å². The summed E-state index contributed by atoms with van der Waals surface area (Å²) in [5, 5.41) is 14.5. The van der Waals surface area contributed by atoms with Crippen LogP contribution >= 0.6 is 0 Å². The highest BCUT2D eigenvalue weighted by molar-refractivity contribution is 6.89. The molecule has 2 rings (SSSR count). The molecule has 23 heavy (non-hydrogen) atoms. The lowest BCUT2D eigenvalue weighted by molar-refractivity contribution is -0.140. The fourth-order valence-corrected chi connectivity index (χ4v) is 5.61. The van der Waals surface area contributed by atoms with Crippen molar-refractivity contribution in [2.24, 2.45) is 0 Å². The molecule has 129 valence electrons. The molecule has 1 aliphatic heterocycles. The molecule has 1 unspecified atom stereocenters. The number of esters is 1. The smallest absolute Gasteiger partial charge is 0.323 e. The molecule has 0 saturated carbocycles. The van der Waals surface area contributed by atoms with Crippen molar-refractivity contribution in [1.29, 1.82) is 0 Å². The number of cyclic esters (lactones) is 1. The second kappa shape index (κ2) is 8.08. The highest BCUT2D eigenvalue weighted by atomic mass is 28.3. The highest BCUT2D eigenvalue weighted by Crippen LogP contribution is 2.15. The molecule has 1 fully saturated rings. The maximum atomic E-state index is 11.4. The van der Waals surface area contributed by atoms with Gasteiger partial charge < -0.3 is 9.84 Å². The van der Waals surface area contributed by atoms with E-state index in [0.717, 1.165) is 5.56 Å². The van der Waals surface area contributed by atoms with Crippen molar-refractivity contribution >= 4 is 19.2 Å². The van der Waals surface area contributed by atoms with Crippen LogP contribution in [0.15, 0.2) is 24.3 Å². The second-order valence-corrected chi connectivity index (χ2v) is 11.9. The molecule has 1 saturated heterocycles. The summed E-state index contributed by atoms with van der Waals surface area (Å²) in [6, 6.07) is 9.59. The summed E-state index contributed by atoms with van der Waals surface area (Å²) in [4.78, 5) is 11.4. The molecule has 2 N–H and O–H groups in total. The van der Waals surface area contributed by atoms with Crippen LogP contribution < -0.4 is 10.5 Å². The Hall–Kier alpha value is -1.17. The van der Waals surface area contributed by atoms with Gasteiger partial charge in [0.2, 0.25) is 0 Å². The van der Waals surface area contributed by atoms with Gasteiger partial charge in [-0.1, -0.05) is 44.0 Å². The van der Waals surface area contributed by atoms with Crippen LogP contribution in [-0.4, -0.2) is 38.0 Å². The maximum absolute atomic E-state index is 11.4. The molecule has 0 bridgehead atoms. The minimum Gasteiger partial charge on any atom is -0.464 e. The lowest BCUT2D eigenvalue weighted by Crippen LogP contribution is -2.42. The van der Waals surface area contributed by atoms with Crippen LogP contribution in [0.1, 0.15) is 31.7 Å². The Labute approximate surface area is 140 Å². The normalized spacial score (nSPS) is 19.7. The number of hydrogen-bond acceptors (Lipinski definition) is 4. The predicted molar refractivity (Wildman–Crippen MR) is 95.5 cm³/mol. The largest absolute Gasteiger partial charge is 0.464 e. The van der Waals surface area contributed by atoms with Crippen LogP contribution in [0.2, 0.25) is 19.1 Å². The van der Waals surface area contributed by atoms with E-state index < -0.39 is 14.3 Å². The Balaban J connectivity index is 1.90. The zero-order valence-electron chi connectivity index (χ0n) is 14.5. The average Bonchev–Trinajstić information content (AvgIpc) is 2.91. The first-order valence-corrected chi connectivity index (χ1v) is 11.8. The van der Waals surface area contributed by atoms with Gasteiger partial charge in [-0.15, -0.1) is 8.07 Å². The van der Waals surface area contributed by atoms with Gasteiger partial charge in [-0.25, -0.2) is 0 Å². The van der Waals surface area contributed by atoms with Crippen LogP contribution in [0.25, 0.3) is 0 Å². The van der Waals surface area contributed by atoms with E-state index in [1.807, 2.05) is 0 Å². The summed E-state index contributed by atoms with van der Waals surface area (Å²) in [5.41, 5.74) is 1.08. The van der Waals surface area contributed by atoms with E-state index in [-0.39, 0.29) is 12.0 Å². The highest BCUT2D eigenvalue weighted by Gasteiger charge is 2.27. The van der Waals surface area contributed by atoms with Crippen molar-refractivity contribution in [3.05, 3.63) is 29.8 Å². The molecule has 0 spiro atoms. The Kier molecular flexibility index (Phi) is 6.39. The van der Waals surface area contributed by atoms with Crippen molar-refractivity contribution in [3.63, 3.8) is 0 Å². The molecule has 1 aliphatic rings. The first-order valence-electron chi connectivity index (χ1n) is 8.62. The predicted octanol–water partition coefficient (Wildman–Crippen LogP) is 2.17. The summed E-state index contributed by atoms with van der Waals surface area (Å²) >= 11 is 0. The summed E-state index contributed by atoms with van der Waals surface area (Å²) in [6.07, 6.45) is 2.95. The standard InChI is InChI=1S/C18H29NO3Si/c1-4-5-12-23(2,3)15-8-6-14(7-9-15)13-17(20)19-16-10-11-22-18(16)21/h6-9,16-17,19-20H,4-5,10-13H2,1-3H3/q-1/t16-,17?/m0/s1. The van der Waals surface area contributed by atoms with Gasteiger partial charge in [-0.2, -0.15) is 24.3 Å². The van der Waals surface area contributed by atoms with Crippen molar-refractivity contribution in [1.82, 2.24) is 5.32 Å². The third-order valence-electron chi connectivity index (χ3n) is 4.65. The van der Waals surface area contributed by atoms with Gasteiger partial charge in [0.25, 0.3) is 0 Å². The first-order chi connectivity index (χ1) is 10.9. The van der Waals surface area contributed by atoms with Gasteiger partial charge in [-0.3, -0.25) is 10.1 Å². The Bertz CT molecular complexity index is 516. The number of nitrogens with one attached hydrogen (secondary N) is 1. The number of benzene rings is 1. The van der Waals surface area contributed by atoms with E-state index in [1.165, 1.54) is 24.1 Å². The number of aliphatic hydroxyl groups is 1. The number of rotatable bonds is 8. The van der Waals surface area contributed by atoms with Gasteiger partial charge in [0.05, 0.1) is 6.61 Å². The van der Waals surface area contributed by atoms with Crippen LogP contribution in [0.4, 0.5) is 0 Å². The van der Waals surface area contributed by atoms with E-state index in [9.17, 15) is 9.90 Å². The van der Waals surface area contributed by atoms with Crippen molar-refractivity contribution in [2.45, 2.75) is 64.0 Å². The molecule has 1 heterocycles. The van der Waals surface area contributed by atoms with E-state index in [2.05, 4.69) is 49.6 Å². The first kappa shape index (κ1) is 18.2. The molecule has 0 aromatic heterocycles. The van der Waals surface area contributed by atoms with Crippen LogP contribution in [0, 0.1) is 0 Å². The van der Waals surface area contributed by atoms with Gasteiger partial charge in [0, 0.05) is 12.8 Å². The quantitative estimate of drug-likeness (QED) is 0.434. The number of carbonyl (C=O) groups excluding carboxylic acids is 1. The van der Waals surface area contributed by atoms with E-state index in [4.69, 9.17) is 4.74 Å². The maximum Gasteiger partial charge on any atom is 0.323 e. The Morgan fingerprint density at radius 2 is 2.04 bits per heavy atom. The van der Waals surface area contributed by atoms with Crippen molar-refractivity contribution < 1.29 is 14.6 Å². The molecule has 0 radical (unpaired) electrons. The molecule has 0 amide bonds. The third kappa shape index (κ3) is 5.16. The number of carbonyl (C=O) groups is 1. The zero-order chi connectivity index (χ0) is 16.9. The molecule has 1 aromatic carbocycles. The minimum atomic E-state index is -1.34. The monoisotopic (exact) mass is 335 g/mol. The molecule has 4 nitrogen and oxygen atoms in total. The zero-order valence-corrected chi connectivity index (χ0v) is 15.5. The van der Waals surface area contributed by atoms with Crippen molar-refractivity contribution in [2.75, 3.05) is 6.61 Å². The summed E-state index contributed by atoms with van der Waals surface area (Å²) in [5.74, 6) is -0.261. The lowest BCUT2D eigenvalue weighted by Gasteiger charge is -2.35. The lowest BCUT2D eigenvalue weighted by atomic mass is 10.1. The molecular weight excluding hydrogens is 306 g/mol. The summed E-state index contributed by atoms with van der Waals surface area (Å²) in [7, 11) is -1.34. The van der Waals surface area contributed by atoms with Crippen LogP contribution in [-0.2, 0) is 16.0 Å². The molecule has 2 atom stereocenters. The Morgan fingerprint density at radius 3 is 2.61 bits per heavy atom. The summed E-state index contributed by atoms with van der Waals surface area (Å²) in [6.45, 7) is 7.51. The number of unbranched alkanes of at least 4 members (excludes halogenated alkanes) is 1. The number of hydrogen-bond donors (Lipinski definition) is 2. The third-order valence-corrected chi connectivity index (χ3v) is 8.15. The number of aliphatic hydroxyl groups excluding tert-OH is 1. The topological polar surface area (TPSA) is 58.6 Å². The SMILES string of the molecule is CCCC[Si-](C)(C)c1ccc(CC(O)N[C@H]2CCOC2=O)cc1. The second-order valence-electron chi connectivity index (χ2n) is 7.08. The number of ether oxygens (including phenoxy) is 1. The van der Waals surface area contributed by atoms with Gasteiger partial charge in [0.15, 0.2) is 0 Å². The fraction of sp³-hybridized carbons (Fsp3) is 0.611. The molecule has 0 aliphatic carbocycles. The molecule has 5 heteroatoms.